The van der Waals surface area contributed by atoms with Crippen LogP contribution < -0.4 is 5.32 Å². The van der Waals surface area contributed by atoms with Gasteiger partial charge in [-0.3, -0.25) is 9.59 Å². The van der Waals surface area contributed by atoms with Crippen molar-refractivity contribution < 1.29 is 27.1 Å². The molecule has 0 unspecified atom stereocenters. The largest absolute Gasteiger partial charge is 0.454 e. The minimum atomic E-state index is -3.94. The van der Waals surface area contributed by atoms with E-state index in [4.69, 9.17) is 4.74 Å². The maximum Gasteiger partial charge on any atom is 0.324 e. The average molecular weight is 398 g/mol. The summed E-state index contributed by atoms with van der Waals surface area (Å²) in [6, 6.07) is 3.60. The molecule has 7 nitrogen and oxygen atoms in total. The molecule has 0 spiro atoms. The van der Waals surface area contributed by atoms with E-state index in [9.17, 15) is 22.4 Å². The van der Waals surface area contributed by atoms with Crippen LogP contribution in [-0.4, -0.2) is 49.8 Å². The van der Waals surface area contributed by atoms with Crippen molar-refractivity contribution in [3.8, 4) is 0 Å². The Labute approximate surface area is 157 Å². The van der Waals surface area contributed by atoms with Crippen molar-refractivity contribution in [2.45, 2.75) is 55.5 Å². The first-order valence-electron chi connectivity index (χ1n) is 9.11. The van der Waals surface area contributed by atoms with E-state index >= 15 is 0 Å². The van der Waals surface area contributed by atoms with Gasteiger partial charge in [0.1, 0.15) is 11.9 Å². The van der Waals surface area contributed by atoms with Crippen LogP contribution in [0.25, 0.3) is 0 Å². The van der Waals surface area contributed by atoms with Gasteiger partial charge in [-0.2, -0.15) is 4.31 Å². The Balaban J connectivity index is 1.60. The summed E-state index contributed by atoms with van der Waals surface area (Å²) >= 11 is 0. The zero-order valence-electron chi connectivity index (χ0n) is 14.9. The molecule has 148 valence electrons. The quantitative estimate of drug-likeness (QED) is 0.735. The van der Waals surface area contributed by atoms with Gasteiger partial charge in [-0.1, -0.05) is 12.8 Å². The van der Waals surface area contributed by atoms with Gasteiger partial charge in [-0.05, 0) is 49.9 Å². The summed E-state index contributed by atoms with van der Waals surface area (Å²) in [4.78, 5) is 24.2. The fourth-order valence-electron chi connectivity index (χ4n) is 3.58. The number of carbonyl (C=O) groups excluding carboxylic acids is 2. The SMILES string of the molecule is O=C(COC(=O)[C@@H]1CCCN1S(=O)(=O)c1ccc(F)cc1)NC1CCCC1. The third-order valence-corrected chi connectivity index (χ3v) is 6.88. The second-order valence-electron chi connectivity index (χ2n) is 6.88. The summed E-state index contributed by atoms with van der Waals surface area (Å²) in [5.41, 5.74) is 0. The highest BCUT2D eigenvalue weighted by molar-refractivity contribution is 7.89. The van der Waals surface area contributed by atoms with Crippen molar-refractivity contribution in [1.29, 1.82) is 0 Å². The van der Waals surface area contributed by atoms with Crippen LogP contribution in [0.3, 0.4) is 0 Å². The highest BCUT2D eigenvalue weighted by Gasteiger charge is 2.40. The zero-order chi connectivity index (χ0) is 19.4. The second-order valence-corrected chi connectivity index (χ2v) is 8.77. The predicted octanol–water partition coefficient (Wildman–Crippen LogP) is 1.58. The number of rotatable bonds is 6. The summed E-state index contributed by atoms with van der Waals surface area (Å²) in [7, 11) is -3.94. The van der Waals surface area contributed by atoms with Gasteiger partial charge in [0.2, 0.25) is 10.0 Å². The standard InChI is InChI=1S/C18H23FN2O5S/c19-13-7-9-15(10-8-13)27(24,25)21-11-3-6-16(21)18(23)26-12-17(22)20-14-4-1-2-5-14/h7-10,14,16H,1-6,11-12H2,(H,20,22)/t16-/m0/s1. The normalized spacial score (nSPS) is 21.3. The first-order chi connectivity index (χ1) is 12.9. The molecule has 0 radical (unpaired) electrons. The maximum atomic E-state index is 13.1. The number of halogens is 1. The summed E-state index contributed by atoms with van der Waals surface area (Å²) < 4.78 is 44.7. The first kappa shape index (κ1) is 19.8. The third-order valence-electron chi connectivity index (χ3n) is 4.96. The molecular formula is C18H23FN2O5S. The van der Waals surface area contributed by atoms with Gasteiger partial charge < -0.3 is 10.1 Å². The van der Waals surface area contributed by atoms with Crippen LogP contribution >= 0.6 is 0 Å². The van der Waals surface area contributed by atoms with E-state index in [2.05, 4.69) is 5.32 Å². The molecular weight excluding hydrogens is 375 g/mol. The van der Waals surface area contributed by atoms with Crippen molar-refractivity contribution in [3.05, 3.63) is 30.1 Å². The Bertz CT molecular complexity index is 790. The fraction of sp³-hybridized carbons (Fsp3) is 0.556. The molecule has 3 rings (SSSR count). The summed E-state index contributed by atoms with van der Waals surface area (Å²) in [6.07, 6.45) is 4.82. The van der Waals surface area contributed by atoms with E-state index < -0.39 is 34.5 Å². The van der Waals surface area contributed by atoms with Crippen molar-refractivity contribution in [3.63, 3.8) is 0 Å². The Morgan fingerprint density at radius 2 is 1.78 bits per heavy atom. The predicted molar refractivity (Wildman–Crippen MR) is 94.7 cm³/mol. The monoisotopic (exact) mass is 398 g/mol. The van der Waals surface area contributed by atoms with Crippen molar-refractivity contribution in [2.24, 2.45) is 0 Å². The number of hydrogen-bond donors (Lipinski definition) is 1. The van der Waals surface area contributed by atoms with E-state index in [1.54, 1.807) is 0 Å². The van der Waals surface area contributed by atoms with Crippen LogP contribution in [0.5, 0.6) is 0 Å². The molecule has 1 aliphatic carbocycles. The molecule has 1 aromatic rings. The van der Waals surface area contributed by atoms with Gasteiger partial charge in [-0.25, -0.2) is 12.8 Å². The second kappa shape index (κ2) is 8.35. The van der Waals surface area contributed by atoms with Crippen molar-refractivity contribution in [1.82, 2.24) is 9.62 Å². The van der Waals surface area contributed by atoms with E-state index in [0.29, 0.717) is 12.8 Å². The highest BCUT2D eigenvalue weighted by atomic mass is 32.2. The first-order valence-corrected chi connectivity index (χ1v) is 10.6. The Hall–Kier alpha value is -2.00. The van der Waals surface area contributed by atoms with Crippen molar-refractivity contribution >= 4 is 21.9 Å². The average Bonchev–Trinajstić information content (AvgIpc) is 3.32. The number of sulfonamides is 1. The molecule has 2 fully saturated rings. The lowest BCUT2D eigenvalue weighted by Crippen LogP contribution is -2.43. The highest BCUT2D eigenvalue weighted by Crippen LogP contribution is 2.27. The number of nitrogens with zero attached hydrogens (tertiary/aromatic N) is 1. The van der Waals surface area contributed by atoms with E-state index in [-0.39, 0.29) is 23.4 Å². The van der Waals surface area contributed by atoms with E-state index in [1.165, 1.54) is 12.1 Å². The van der Waals surface area contributed by atoms with Gasteiger partial charge in [0.25, 0.3) is 5.91 Å². The van der Waals surface area contributed by atoms with Crippen molar-refractivity contribution in [2.75, 3.05) is 13.2 Å². The van der Waals surface area contributed by atoms with Gasteiger partial charge >= 0.3 is 5.97 Å². The van der Waals surface area contributed by atoms with Crippen LogP contribution in [-0.2, 0) is 24.3 Å². The number of ether oxygens (including phenoxy) is 1. The molecule has 1 atom stereocenters. The number of esters is 1. The van der Waals surface area contributed by atoms with Gasteiger partial charge in [0, 0.05) is 12.6 Å². The number of benzene rings is 1. The molecule has 1 heterocycles. The molecule has 1 N–H and O–H groups in total. The molecule has 1 aromatic carbocycles. The zero-order valence-corrected chi connectivity index (χ0v) is 15.7. The molecule has 9 heteroatoms. The fourth-order valence-corrected chi connectivity index (χ4v) is 5.22. The molecule has 0 bridgehead atoms. The van der Waals surface area contributed by atoms with Gasteiger partial charge in [0.05, 0.1) is 4.90 Å². The third kappa shape index (κ3) is 4.65. The van der Waals surface area contributed by atoms with E-state index in [1.807, 2.05) is 0 Å². The van der Waals surface area contributed by atoms with Crippen LogP contribution in [0.1, 0.15) is 38.5 Å². The molecule has 1 saturated carbocycles. The molecule has 0 aromatic heterocycles. The molecule has 1 aliphatic heterocycles. The maximum absolute atomic E-state index is 13.1. The Morgan fingerprint density at radius 1 is 1.11 bits per heavy atom. The lowest BCUT2D eigenvalue weighted by atomic mass is 10.2. The molecule has 27 heavy (non-hydrogen) atoms. The summed E-state index contributed by atoms with van der Waals surface area (Å²) in [5, 5.41) is 2.81. The van der Waals surface area contributed by atoms with Gasteiger partial charge in [0.15, 0.2) is 6.61 Å². The van der Waals surface area contributed by atoms with Crippen LogP contribution in [0.4, 0.5) is 4.39 Å². The smallest absolute Gasteiger partial charge is 0.324 e. The number of nitrogens with one attached hydrogen (secondary N) is 1. The number of carbonyl (C=O) groups is 2. The lowest BCUT2D eigenvalue weighted by Gasteiger charge is -2.22. The molecule has 1 amide bonds. The van der Waals surface area contributed by atoms with Crippen LogP contribution in [0, 0.1) is 5.82 Å². The van der Waals surface area contributed by atoms with Crippen LogP contribution in [0.2, 0.25) is 0 Å². The number of amides is 1. The summed E-state index contributed by atoms with van der Waals surface area (Å²) in [6.45, 7) is -0.246. The number of hydrogen-bond acceptors (Lipinski definition) is 5. The Kier molecular flexibility index (Phi) is 6.11. The minimum Gasteiger partial charge on any atom is -0.454 e. The topological polar surface area (TPSA) is 92.8 Å². The molecule has 1 saturated heterocycles. The molecule has 2 aliphatic rings. The Morgan fingerprint density at radius 3 is 2.44 bits per heavy atom. The van der Waals surface area contributed by atoms with Gasteiger partial charge in [-0.15, -0.1) is 0 Å². The summed E-state index contributed by atoms with van der Waals surface area (Å²) in [5.74, 6) is -1.65. The minimum absolute atomic E-state index is 0.0809. The lowest BCUT2D eigenvalue weighted by molar-refractivity contribution is -0.151. The van der Waals surface area contributed by atoms with Crippen LogP contribution in [0.15, 0.2) is 29.2 Å². The van der Waals surface area contributed by atoms with E-state index in [0.717, 1.165) is 42.1 Å².